The van der Waals surface area contributed by atoms with E-state index in [1.807, 2.05) is 12.1 Å². The van der Waals surface area contributed by atoms with Gasteiger partial charge in [-0.25, -0.2) is 4.79 Å². The summed E-state index contributed by atoms with van der Waals surface area (Å²) >= 11 is 0. The lowest BCUT2D eigenvalue weighted by atomic mass is 10.1. The van der Waals surface area contributed by atoms with Crippen molar-refractivity contribution in [1.29, 1.82) is 0 Å². The van der Waals surface area contributed by atoms with Gasteiger partial charge in [0.1, 0.15) is 5.75 Å². The summed E-state index contributed by atoms with van der Waals surface area (Å²) in [7, 11) is 3.05. The Morgan fingerprint density at radius 2 is 1.69 bits per heavy atom. The predicted molar refractivity (Wildman–Crippen MR) is 95.2 cm³/mol. The first-order valence-electron chi connectivity index (χ1n) is 7.97. The second kappa shape index (κ2) is 9.31. The first kappa shape index (κ1) is 19.1. The van der Waals surface area contributed by atoms with Crippen LogP contribution in [0.15, 0.2) is 42.5 Å². The second-order valence-corrected chi connectivity index (χ2v) is 5.40. The fourth-order valence-electron chi connectivity index (χ4n) is 2.30. The Balaban J connectivity index is 1.85. The van der Waals surface area contributed by atoms with Crippen molar-refractivity contribution in [3.05, 3.63) is 53.6 Å². The van der Waals surface area contributed by atoms with E-state index in [4.69, 9.17) is 19.3 Å². The highest BCUT2D eigenvalue weighted by Crippen LogP contribution is 2.27. The van der Waals surface area contributed by atoms with Crippen LogP contribution in [0.4, 0.5) is 0 Å². The van der Waals surface area contributed by atoms with Gasteiger partial charge < -0.3 is 24.6 Å². The first-order chi connectivity index (χ1) is 12.5. The Labute approximate surface area is 151 Å². The van der Waals surface area contributed by atoms with Gasteiger partial charge in [0.05, 0.1) is 14.2 Å². The van der Waals surface area contributed by atoms with Crippen LogP contribution >= 0.6 is 0 Å². The predicted octanol–water partition coefficient (Wildman–Crippen LogP) is 2.14. The third-order valence-electron chi connectivity index (χ3n) is 3.63. The van der Waals surface area contributed by atoms with Gasteiger partial charge in [-0.2, -0.15) is 0 Å². The van der Waals surface area contributed by atoms with Gasteiger partial charge >= 0.3 is 5.97 Å². The van der Waals surface area contributed by atoms with Crippen LogP contribution in [-0.4, -0.2) is 44.4 Å². The van der Waals surface area contributed by atoms with Gasteiger partial charge in [0, 0.05) is 12.1 Å². The molecule has 0 atom stereocenters. The number of rotatable bonds is 9. The molecule has 2 N–H and O–H groups in total. The zero-order valence-corrected chi connectivity index (χ0v) is 14.7. The molecular weight excluding hydrogens is 338 g/mol. The quantitative estimate of drug-likeness (QED) is 0.712. The summed E-state index contributed by atoms with van der Waals surface area (Å²) in [4.78, 5) is 22.7. The van der Waals surface area contributed by atoms with Gasteiger partial charge in [-0.05, 0) is 42.3 Å². The molecule has 1 amide bonds. The molecule has 0 saturated carbocycles. The van der Waals surface area contributed by atoms with Crippen molar-refractivity contribution in [2.75, 3.05) is 27.4 Å². The van der Waals surface area contributed by atoms with Crippen molar-refractivity contribution < 1.29 is 28.9 Å². The molecule has 0 aliphatic carbocycles. The number of ether oxygens (including phenoxy) is 3. The van der Waals surface area contributed by atoms with Crippen LogP contribution in [0, 0.1) is 0 Å². The maximum atomic E-state index is 12.2. The normalized spacial score (nSPS) is 10.1. The molecule has 0 radical (unpaired) electrons. The standard InChI is InChI=1S/C19H21NO6/c1-24-16-8-5-14(11-17(16)25-2)19(23)20-10-9-13-3-6-15(7-4-13)26-12-18(21)22/h3-8,11H,9-10,12H2,1-2H3,(H,20,23)(H,21,22). The van der Waals surface area contributed by atoms with E-state index >= 15 is 0 Å². The van der Waals surface area contributed by atoms with Crippen LogP contribution in [0.1, 0.15) is 15.9 Å². The van der Waals surface area contributed by atoms with Crippen LogP contribution in [0.2, 0.25) is 0 Å². The zero-order chi connectivity index (χ0) is 18.9. The summed E-state index contributed by atoms with van der Waals surface area (Å²) < 4.78 is 15.4. The summed E-state index contributed by atoms with van der Waals surface area (Å²) in [6.07, 6.45) is 0.637. The Bertz CT molecular complexity index is 757. The summed E-state index contributed by atoms with van der Waals surface area (Å²) in [5.41, 5.74) is 1.49. The van der Waals surface area contributed by atoms with E-state index in [1.165, 1.54) is 14.2 Å². The minimum atomic E-state index is -1.02. The van der Waals surface area contributed by atoms with Crippen molar-refractivity contribution in [2.24, 2.45) is 0 Å². The summed E-state index contributed by atoms with van der Waals surface area (Å²) in [5.74, 6) is 0.330. The molecule has 0 unspecified atom stereocenters. The van der Waals surface area contributed by atoms with E-state index < -0.39 is 5.97 Å². The maximum Gasteiger partial charge on any atom is 0.341 e. The molecule has 2 aromatic rings. The third kappa shape index (κ3) is 5.41. The molecule has 0 heterocycles. The van der Waals surface area contributed by atoms with Crippen LogP contribution < -0.4 is 19.5 Å². The Hall–Kier alpha value is -3.22. The van der Waals surface area contributed by atoms with Crippen LogP contribution in [0.5, 0.6) is 17.2 Å². The number of hydrogen-bond donors (Lipinski definition) is 2. The van der Waals surface area contributed by atoms with Gasteiger partial charge in [-0.3, -0.25) is 4.79 Å². The van der Waals surface area contributed by atoms with Crippen LogP contribution in [-0.2, 0) is 11.2 Å². The zero-order valence-electron chi connectivity index (χ0n) is 14.7. The number of carbonyl (C=O) groups excluding carboxylic acids is 1. The van der Waals surface area contributed by atoms with Crippen molar-refractivity contribution >= 4 is 11.9 Å². The average Bonchev–Trinajstić information content (AvgIpc) is 2.66. The fourth-order valence-corrected chi connectivity index (χ4v) is 2.30. The fraction of sp³-hybridized carbons (Fsp3) is 0.263. The lowest BCUT2D eigenvalue weighted by Crippen LogP contribution is -2.25. The number of amides is 1. The minimum Gasteiger partial charge on any atom is -0.493 e. The van der Waals surface area contributed by atoms with Gasteiger partial charge in [0.2, 0.25) is 0 Å². The molecule has 0 aliphatic rings. The Morgan fingerprint density at radius 1 is 1.00 bits per heavy atom. The highest BCUT2D eigenvalue weighted by Gasteiger charge is 2.10. The molecule has 26 heavy (non-hydrogen) atoms. The maximum absolute atomic E-state index is 12.2. The van der Waals surface area contributed by atoms with E-state index in [0.717, 1.165) is 5.56 Å². The molecule has 7 heteroatoms. The molecule has 138 valence electrons. The summed E-state index contributed by atoms with van der Waals surface area (Å²) in [5, 5.41) is 11.4. The number of methoxy groups -OCH3 is 2. The van der Waals surface area contributed by atoms with E-state index in [9.17, 15) is 9.59 Å². The van der Waals surface area contributed by atoms with E-state index in [2.05, 4.69) is 5.32 Å². The minimum absolute atomic E-state index is 0.202. The number of carboxylic acids is 1. The van der Waals surface area contributed by atoms with Crippen molar-refractivity contribution in [3.8, 4) is 17.2 Å². The highest BCUT2D eigenvalue weighted by molar-refractivity contribution is 5.94. The van der Waals surface area contributed by atoms with Crippen molar-refractivity contribution in [3.63, 3.8) is 0 Å². The molecule has 0 spiro atoms. The SMILES string of the molecule is COc1ccc(C(=O)NCCc2ccc(OCC(=O)O)cc2)cc1OC. The number of hydrogen-bond acceptors (Lipinski definition) is 5. The van der Waals surface area contributed by atoms with Gasteiger partial charge in [0.15, 0.2) is 18.1 Å². The largest absolute Gasteiger partial charge is 0.493 e. The first-order valence-corrected chi connectivity index (χ1v) is 7.97. The van der Waals surface area contributed by atoms with Gasteiger partial charge in [-0.1, -0.05) is 12.1 Å². The molecule has 2 rings (SSSR count). The lowest BCUT2D eigenvalue weighted by molar-refractivity contribution is -0.139. The molecule has 0 aliphatic heterocycles. The number of benzene rings is 2. The number of carboxylic acid groups (broad SMARTS) is 1. The Kier molecular flexibility index (Phi) is 6.84. The van der Waals surface area contributed by atoms with Crippen LogP contribution in [0.3, 0.4) is 0 Å². The van der Waals surface area contributed by atoms with Crippen LogP contribution in [0.25, 0.3) is 0 Å². The van der Waals surface area contributed by atoms with E-state index in [1.54, 1.807) is 30.3 Å². The molecule has 0 bridgehead atoms. The van der Waals surface area contributed by atoms with Gasteiger partial charge in [0.25, 0.3) is 5.91 Å². The monoisotopic (exact) mass is 359 g/mol. The topological polar surface area (TPSA) is 94.1 Å². The average molecular weight is 359 g/mol. The van der Waals surface area contributed by atoms with E-state index in [0.29, 0.717) is 35.8 Å². The summed E-state index contributed by atoms with van der Waals surface area (Å²) in [6, 6.07) is 12.1. The number of aliphatic carboxylic acids is 1. The number of nitrogens with one attached hydrogen (secondary N) is 1. The van der Waals surface area contributed by atoms with Crippen molar-refractivity contribution in [2.45, 2.75) is 6.42 Å². The van der Waals surface area contributed by atoms with Crippen molar-refractivity contribution in [1.82, 2.24) is 5.32 Å². The highest BCUT2D eigenvalue weighted by atomic mass is 16.5. The van der Waals surface area contributed by atoms with Gasteiger partial charge in [-0.15, -0.1) is 0 Å². The second-order valence-electron chi connectivity index (χ2n) is 5.40. The summed E-state index contributed by atoms with van der Waals surface area (Å²) in [6.45, 7) is 0.0865. The number of carbonyl (C=O) groups is 2. The lowest BCUT2D eigenvalue weighted by Gasteiger charge is -2.10. The van der Waals surface area contributed by atoms with E-state index in [-0.39, 0.29) is 12.5 Å². The molecule has 0 fully saturated rings. The molecule has 0 aromatic heterocycles. The molecule has 2 aromatic carbocycles. The molecule has 7 nitrogen and oxygen atoms in total. The smallest absolute Gasteiger partial charge is 0.341 e. The molecular formula is C19H21NO6. The molecule has 0 saturated heterocycles. The Morgan fingerprint density at radius 3 is 2.31 bits per heavy atom. The third-order valence-corrected chi connectivity index (χ3v) is 3.63.